The van der Waals surface area contributed by atoms with Gasteiger partial charge < -0.3 is 5.32 Å². The number of nitrogens with zero attached hydrogens (tertiary/aromatic N) is 1. The number of piperidine rings is 1. The second-order valence-electron chi connectivity index (χ2n) is 5.95. The Kier molecular flexibility index (Phi) is 5.24. The molecule has 24 heavy (non-hydrogen) atoms. The van der Waals surface area contributed by atoms with Gasteiger partial charge in [0.1, 0.15) is 0 Å². The minimum Gasteiger partial charge on any atom is -0.326 e. The van der Waals surface area contributed by atoms with Crippen molar-refractivity contribution in [3.8, 4) is 0 Å². The molecule has 0 unspecified atom stereocenters. The summed E-state index contributed by atoms with van der Waals surface area (Å²) in [5, 5.41) is 2.50. The van der Waals surface area contributed by atoms with Gasteiger partial charge >= 0.3 is 6.18 Å². The summed E-state index contributed by atoms with van der Waals surface area (Å²) in [6.45, 7) is 1.83. The van der Waals surface area contributed by atoms with E-state index in [0.29, 0.717) is 12.8 Å². The van der Waals surface area contributed by atoms with Crippen molar-refractivity contribution in [1.29, 1.82) is 0 Å². The molecular formula is C15H19F3N2O3S. The molecule has 0 aliphatic carbocycles. The summed E-state index contributed by atoms with van der Waals surface area (Å²) in [5.74, 6) is -0.807. The molecule has 134 valence electrons. The smallest absolute Gasteiger partial charge is 0.326 e. The Morgan fingerprint density at radius 1 is 1.25 bits per heavy atom. The molecule has 0 bridgehead atoms. The topological polar surface area (TPSA) is 66.5 Å². The molecule has 1 aromatic rings. The number of benzene rings is 1. The van der Waals surface area contributed by atoms with E-state index in [1.54, 1.807) is 0 Å². The number of carbonyl (C=O) groups excluding carboxylic acids is 1. The highest BCUT2D eigenvalue weighted by Gasteiger charge is 2.33. The summed E-state index contributed by atoms with van der Waals surface area (Å²) in [7, 11) is -3.28. The number of aryl methyl sites for hydroxylation is 1. The predicted molar refractivity (Wildman–Crippen MR) is 84.0 cm³/mol. The molecule has 1 heterocycles. The predicted octanol–water partition coefficient (Wildman–Crippen LogP) is 2.62. The van der Waals surface area contributed by atoms with Gasteiger partial charge in [-0.25, -0.2) is 12.7 Å². The highest BCUT2D eigenvalue weighted by Crippen LogP contribution is 2.33. The van der Waals surface area contributed by atoms with Gasteiger partial charge in [-0.15, -0.1) is 0 Å². The highest BCUT2D eigenvalue weighted by molar-refractivity contribution is 7.88. The molecule has 1 N–H and O–H groups in total. The van der Waals surface area contributed by atoms with Crippen molar-refractivity contribution in [3.63, 3.8) is 0 Å². The number of hydrogen-bond donors (Lipinski definition) is 1. The molecule has 0 saturated carbocycles. The van der Waals surface area contributed by atoms with Gasteiger partial charge in [0.05, 0.1) is 11.8 Å². The minimum atomic E-state index is -4.48. The van der Waals surface area contributed by atoms with Crippen molar-refractivity contribution >= 4 is 21.6 Å². The van der Waals surface area contributed by atoms with E-state index in [0.717, 1.165) is 12.3 Å². The Balaban J connectivity index is 2.04. The fraction of sp³-hybridized carbons (Fsp3) is 0.533. The zero-order valence-corrected chi connectivity index (χ0v) is 14.2. The van der Waals surface area contributed by atoms with E-state index < -0.39 is 27.7 Å². The quantitative estimate of drug-likeness (QED) is 0.897. The first-order valence-electron chi connectivity index (χ1n) is 7.42. The van der Waals surface area contributed by atoms with E-state index in [4.69, 9.17) is 0 Å². The lowest BCUT2D eigenvalue weighted by molar-refractivity contribution is -0.138. The first-order chi connectivity index (χ1) is 11.0. The zero-order chi connectivity index (χ0) is 18.1. The molecule has 1 aliphatic rings. The number of halogens is 3. The van der Waals surface area contributed by atoms with E-state index in [9.17, 15) is 26.4 Å². The van der Waals surface area contributed by atoms with Crippen LogP contribution < -0.4 is 5.32 Å². The molecule has 9 heteroatoms. The van der Waals surface area contributed by atoms with Crippen LogP contribution in [0.2, 0.25) is 0 Å². The third kappa shape index (κ3) is 4.47. The summed E-state index contributed by atoms with van der Waals surface area (Å²) in [5.41, 5.74) is -0.613. The fourth-order valence-electron chi connectivity index (χ4n) is 2.70. The molecule has 0 aromatic heterocycles. The molecule has 2 rings (SSSR count). The normalized spacial score (nSPS) is 17.7. The lowest BCUT2D eigenvalue weighted by Gasteiger charge is -2.29. The fourth-order valence-corrected chi connectivity index (χ4v) is 3.57. The van der Waals surface area contributed by atoms with Crippen LogP contribution in [-0.2, 0) is 21.0 Å². The SMILES string of the molecule is Cc1ccc(NC(=O)C2CCN(S(C)(=O)=O)CC2)cc1C(F)(F)F. The molecule has 0 radical (unpaired) electrons. The van der Waals surface area contributed by atoms with Crippen LogP contribution in [0, 0.1) is 12.8 Å². The Hall–Kier alpha value is -1.61. The summed E-state index contributed by atoms with van der Waals surface area (Å²) >= 11 is 0. The minimum absolute atomic E-state index is 0.0851. The average Bonchev–Trinajstić information content (AvgIpc) is 2.47. The Morgan fingerprint density at radius 3 is 2.33 bits per heavy atom. The number of alkyl halides is 3. The number of nitrogens with one attached hydrogen (secondary N) is 1. The van der Waals surface area contributed by atoms with Crippen molar-refractivity contribution in [2.75, 3.05) is 24.7 Å². The standard InChI is InChI=1S/C15H19F3N2O3S/c1-10-3-4-12(9-13(10)15(16,17)18)19-14(21)11-5-7-20(8-6-11)24(2,22)23/h3-4,9,11H,5-8H2,1-2H3,(H,19,21). The highest BCUT2D eigenvalue weighted by atomic mass is 32.2. The van der Waals surface area contributed by atoms with Gasteiger partial charge in [-0.05, 0) is 37.5 Å². The number of hydrogen-bond acceptors (Lipinski definition) is 3. The van der Waals surface area contributed by atoms with Gasteiger partial charge in [0.25, 0.3) is 0 Å². The number of rotatable bonds is 3. The second-order valence-corrected chi connectivity index (χ2v) is 7.94. The van der Waals surface area contributed by atoms with Gasteiger partial charge in [0.15, 0.2) is 0 Å². The van der Waals surface area contributed by atoms with Crippen molar-refractivity contribution in [2.45, 2.75) is 25.9 Å². The van der Waals surface area contributed by atoms with E-state index in [2.05, 4.69) is 5.32 Å². The van der Waals surface area contributed by atoms with Crippen LogP contribution in [0.5, 0.6) is 0 Å². The van der Waals surface area contributed by atoms with Gasteiger partial charge in [-0.2, -0.15) is 13.2 Å². The average molecular weight is 364 g/mol. The Morgan fingerprint density at radius 2 is 1.83 bits per heavy atom. The number of amides is 1. The van der Waals surface area contributed by atoms with Crippen molar-refractivity contribution < 1.29 is 26.4 Å². The largest absolute Gasteiger partial charge is 0.416 e. The van der Waals surface area contributed by atoms with Gasteiger partial charge in [-0.1, -0.05) is 6.07 Å². The molecule has 1 amide bonds. The van der Waals surface area contributed by atoms with E-state index in [1.165, 1.54) is 23.4 Å². The van der Waals surface area contributed by atoms with Crippen LogP contribution in [0.1, 0.15) is 24.0 Å². The van der Waals surface area contributed by atoms with Crippen LogP contribution >= 0.6 is 0 Å². The lowest BCUT2D eigenvalue weighted by Crippen LogP contribution is -2.40. The number of sulfonamides is 1. The van der Waals surface area contributed by atoms with Crippen molar-refractivity contribution in [1.82, 2.24) is 4.31 Å². The maximum absolute atomic E-state index is 12.9. The van der Waals surface area contributed by atoms with E-state index in [1.807, 2.05) is 0 Å². The molecule has 1 aromatic carbocycles. The van der Waals surface area contributed by atoms with Crippen molar-refractivity contribution in [2.24, 2.45) is 5.92 Å². The van der Waals surface area contributed by atoms with Crippen molar-refractivity contribution in [3.05, 3.63) is 29.3 Å². The maximum Gasteiger partial charge on any atom is 0.416 e. The number of carbonyl (C=O) groups is 1. The summed E-state index contributed by atoms with van der Waals surface area (Å²) in [6.07, 6.45) is -2.68. The summed E-state index contributed by atoms with van der Waals surface area (Å²) in [6, 6.07) is 3.65. The maximum atomic E-state index is 12.9. The van der Waals surface area contributed by atoms with Gasteiger partial charge in [0.2, 0.25) is 15.9 Å². The van der Waals surface area contributed by atoms with Gasteiger partial charge in [-0.3, -0.25) is 4.79 Å². The molecular weight excluding hydrogens is 345 g/mol. The number of anilines is 1. The molecule has 1 aliphatic heterocycles. The molecule has 0 spiro atoms. The molecule has 1 fully saturated rings. The Bertz CT molecular complexity index is 724. The van der Waals surface area contributed by atoms with Crippen LogP contribution in [0.3, 0.4) is 0 Å². The van der Waals surface area contributed by atoms with Crippen LogP contribution in [0.25, 0.3) is 0 Å². The third-order valence-electron chi connectivity index (χ3n) is 4.10. The summed E-state index contributed by atoms with van der Waals surface area (Å²) < 4.78 is 62.9. The first-order valence-corrected chi connectivity index (χ1v) is 9.27. The summed E-state index contributed by atoms with van der Waals surface area (Å²) in [4.78, 5) is 12.2. The lowest BCUT2D eigenvalue weighted by atomic mass is 9.97. The second kappa shape index (κ2) is 6.72. The first kappa shape index (κ1) is 18.7. The van der Waals surface area contributed by atoms with Crippen LogP contribution in [-0.4, -0.2) is 38.0 Å². The zero-order valence-electron chi connectivity index (χ0n) is 13.4. The van der Waals surface area contributed by atoms with E-state index >= 15 is 0 Å². The van der Waals surface area contributed by atoms with Gasteiger partial charge in [0, 0.05) is 24.7 Å². The van der Waals surface area contributed by atoms with Crippen LogP contribution in [0.4, 0.5) is 18.9 Å². The van der Waals surface area contributed by atoms with Crippen LogP contribution in [0.15, 0.2) is 18.2 Å². The molecule has 5 nitrogen and oxygen atoms in total. The molecule has 0 atom stereocenters. The Labute approximate surface area is 138 Å². The third-order valence-corrected chi connectivity index (χ3v) is 5.41. The molecule has 1 saturated heterocycles. The van der Waals surface area contributed by atoms with E-state index in [-0.39, 0.29) is 30.2 Å². The monoisotopic (exact) mass is 364 g/mol.